The van der Waals surface area contributed by atoms with Gasteiger partial charge in [0, 0.05) is 12.6 Å². The maximum absolute atomic E-state index is 6.58. The van der Waals surface area contributed by atoms with Gasteiger partial charge in [-0.3, -0.25) is 0 Å². The zero-order valence-corrected chi connectivity index (χ0v) is 13.5. The number of rotatable bonds is 6. The molecule has 1 N–H and O–H groups in total. The molecule has 3 fully saturated rings. The number of nitrogens with one attached hydrogen (secondary N) is 1. The highest BCUT2D eigenvalue weighted by Crippen LogP contribution is 2.45. The summed E-state index contributed by atoms with van der Waals surface area (Å²) in [5.74, 6) is 0. The Balaban J connectivity index is 1.50. The van der Waals surface area contributed by atoms with Gasteiger partial charge in [-0.2, -0.15) is 0 Å². The summed E-state index contributed by atoms with van der Waals surface area (Å²) in [4.78, 5) is 0. The third kappa shape index (κ3) is 3.57. The molecule has 0 aromatic carbocycles. The fourth-order valence-corrected chi connectivity index (χ4v) is 4.17. The molecule has 1 saturated heterocycles. The second-order valence-corrected chi connectivity index (χ2v) is 8.05. The third-order valence-electron chi connectivity index (χ3n) is 6.07. The van der Waals surface area contributed by atoms with Crippen molar-refractivity contribution in [2.45, 2.75) is 102 Å². The first-order valence-electron chi connectivity index (χ1n) is 9.04. The summed E-state index contributed by atoms with van der Waals surface area (Å²) in [5, 5.41) is 3.74. The van der Waals surface area contributed by atoms with Crippen LogP contribution in [-0.2, 0) is 4.74 Å². The molecule has 2 atom stereocenters. The van der Waals surface area contributed by atoms with Crippen molar-refractivity contribution in [1.29, 1.82) is 0 Å². The molecule has 0 bridgehead atoms. The van der Waals surface area contributed by atoms with Crippen LogP contribution in [0.4, 0.5) is 0 Å². The van der Waals surface area contributed by atoms with Crippen LogP contribution in [0.5, 0.6) is 0 Å². The molecule has 2 aliphatic carbocycles. The van der Waals surface area contributed by atoms with Crippen molar-refractivity contribution < 1.29 is 4.74 Å². The van der Waals surface area contributed by atoms with Crippen LogP contribution < -0.4 is 5.32 Å². The first-order chi connectivity index (χ1) is 9.63. The van der Waals surface area contributed by atoms with Gasteiger partial charge in [-0.25, -0.2) is 0 Å². The molecule has 116 valence electrons. The summed E-state index contributed by atoms with van der Waals surface area (Å²) in [6.07, 6.45) is 15.3. The highest BCUT2D eigenvalue weighted by atomic mass is 16.5. The second-order valence-electron chi connectivity index (χ2n) is 8.05. The molecule has 20 heavy (non-hydrogen) atoms. The Hall–Kier alpha value is -0.0800. The maximum atomic E-state index is 6.58. The highest BCUT2D eigenvalue weighted by Gasteiger charge is 2.42. The van der Waals surface area contributed by atoms with Gasteiger partial charge in [0.1, 0.15) is 0 Å². The normalized spacial score (nSPS) is 32.4. The summed E-state index contributed by atoms with van der Waals surface area (Å²) in [5.41, 5.74) is 0.717. The Kier molecular flexibility index (Phi) is 4.42. The van der Waals surface area contributed by atoms with E-state index < -0.39 is 0 Å². The fraction of sp³-hybridized carbons (Fsp3) is 1.00. The summed E-state index contributed by atoms with van der Waals surface area (Å²) < 4.78 is 6.58. The van der Waals surface area contributed by atoms with E-state index in [-0.39, 0.29) is 0 Å². The Labute approximate surface area is 125 Å². The summed E-state index contributed by atoms with van der Waals surface area (Å²) in [7, 11) is 0. The van der Waals surface area contributed by atoms with E-state index in [9.17, 15) is 0 Å². The molecule has 3 aliphatic rings. The predicted octanol–water partition coefficient (Wildman–Crippen LogP) is 4.43. The Morgan fingerprint density at radius 3 is 2.50 bits per heavy atom. The van der Waals surface area contributed by atoms with Crippen molar-refractivity contribution in [3.05, 3.63) is 0 Å². The number of hydrogen-bond donors (Lipinski definition) is 1. The van der Waals surface area contributed by atoms with Gasteiger partial charge in [-0.1, -0.05) is 33.1 Å². The van der Waals surface area contributed by atoms with Crippen LogP contribution in [0, 0.1) is 5.41 Å². The van der Waals surface area contributed by atoms with Crippen molar-refractivity contribution in [1.82, 2.24) is 5.32 Å². The quantitative estimate of drug-likeness (QED) is 0.777. The largest absolute Gasteiger partial charge is 0.372 e. The SMILES string of the molecule is CCC(C)(CNC1CC1)CC1CCC2(CCCCC2)O1. The minimum atomic E-state index is 0.293. The molecule has 3 rings (SSSR count). The monoisotopic (exact) mass is 279 g/mol. The maximum Gasteiger partial charge on any atom is 0.0687 e. The minimum absolute atomic E-state index is 0.293. The molecule has 0 amide bonds. The Bertz CT molecular complexity index is 319. The van der Waals surface area contributed by atoms with E-state index in [0.717, 1.165) is 6.04 Å². The summed E-state index contributed by atoms with van der Waals surface area (Å²) in [6, 6.07) is 0.829. The molecular weight excluding hydrogens is 246 g/mol. The Morgan fingerprint density at radius 2 is 1.85 bits per heavy atom. The average molecular weight is 279 g/mol. The van der Waals surface area contributed by atoms with Crippen LogP contribution in [0.3, 0.4) is 0 Å². The van der Waals surface area contributed by atoms with Gasteiger partial charge in [0.05, 0.1) is 11.7 Å². The molecule has 0 aromatic rings. The molecule has 2 saturated carbocycles. The number of ether oxygens (including phenoxy) is 1. The van der Waals surface area contributed by atoms with Crippen LogP contribution in [0.2, 0.25) is 0 Å². The van der Waals surface area contributed by atoms with E-state index in [0.29, 0.717) is 17.1 Å². The first kappa shape index (κ1) is 14.8. The van der Waals surface area contributed by atoms with Crippen molar-refractivity contribution in [2.75, 3.05) is 6.54 Å². The molecule has 0 radical (unpaired) electrons. The molecular formula is C18H33NO. The molecule has 1 aliphatic heterocycles. The molecule has 2 nitrogen and oxygen atoms in total. The summed E-state index contributed by atoms with van der Waals surface area (Å²) >= 11 is 0. The van der Waals surface area contributed by atoms with Gasteiger partial charge in [-0.05, 0) is 56.8 Å². The van der Waals surface area contributed by atoms with E-state index in [2.05, 4.69) is 19.2 Å². The minimum Gasteiger partial charge on any atom is -0.372 e. The smallest absolute Gasteiger partial charge is 0.0687 e. The van der Waals surface area contributed by atoms with E-state index >= 15 is 0 Å². The van der Waals surface area contributed by atoms with Crippen LogP contribution in [0.15, 0.2) is 0 Å². The average Bonchev–Trinajstić information content (AvgIpc) is 3.22. The summed E-state index contributed by atoms with van der Waals surface area (Å²) in [6.45, 7) is 5.98. The fourth-order valence-electron chi connectivity index (χ4n) is 4.17. The second kappa shape index (κ2) is 5.96. The lowest BCUT2D eigenvalue weighted by Crippen LogP contribution is -2.37. The zero-order chi connectivity index (χ0) is 14.1. The van der Waals surface area contributed by atoms with Crippen molar-refractivity contribution in [2.24, 2.45) is 5.41 Å². The molecule has 1 spiro atoms. The van der Waals surface area contributed by atoms with E-state index in [1.54, 1.807) is 0 Å². The molecule has 0 aromatic heterocycles. The zero-order valence-electron chi connectivity index (χ0n) is 13.5. The van der Waals surface area contributed by atoms with Crippen molar-refractivity contribution in [3.63, 3.8) is 0 Å². The lowest BCUT2D eigenvalue weighted by atomic mass is 9.80. The topological polar surface area (TPSA) is 21.3 Å². The first-order valence-corrected chi connectivity index (χ1v) is 9.04. The van der Waals surface area contributed by atoms with E-state index in [1.807, 2.05) is 0 Å². The Morgan fingerprint density at radius 1 is 1.10 bits per heavy atom. The standard InChI is InChI=1S/C18H33NO/c1-3-17(2,14-19-15-7-8-15)13-16-9-12-18(20-16)10-5-4-6-11-18/h15-16,19H,3-14H2,1-2H3. The number of hydrogen-bond acceptors (Lipinski definition) is 2. The van der Waals surface area contributed by atoms with Gasteiger partial charge in [0.2, 0.25) is 0 Å². The van der Waals surface area contributed by atoms with Gasteiger partial charge in [0.25, 0.3) is 0 Å². The lowest BCUT2D eigenvalue weighted by molar-refractivity contribution is -0.0760. The molecule has 2 unspecified atom stereocenters. The van der Waals surface area contributed by atoms with Crippen LogP contribution in [-0.4, -0.2) is 24.3 Å². The van der Waals surface area contributed by atoms with Gasteiger partial charge >= 0.3 is 0 Å². The van der Waals surface area contributed by atoms with Gasteiger partial charge in [0.15, 0.2) is 0 Å². The predicted molar refractivity (Wildman–Crippen MR) is 84.0 cm³/mol. The highest BCUT2D eigenvalue weighted by molar-refractivity contribution is 4.94. The van der Waals surface area contributed by atoms with E-state index in [4.69, 9.17) is 4.74 Å². The van der Waals surface area contributed by atoms with Gasteiger partial charge in [-0.15, -0.1) is 0 Å². The molecule has 2 heteroatoms. The lowest BCUT2D eigenvalue weighted by Gasteiger charge is -2.36. The van der Waals surface area contributed by atoms with Crippen LogP contribution in [0.25, 0.3) is 0 Å². The van der Waals surface area contributed by atoms with Crippen molar-refractivity contribution in [3.8, 4) is 0 Å². The third-order valence-corrected chi connectivity index (χ3v) is 6.07. The van der Waals surface area contributed by atoms with Crippen LogP contribution in [0.1, 0.15) is 84.5 Å². The van der Waals surface area contributed by atoms with E-state index in [1.165, 1.54) is 77.2 Å². The van der Waals surface area contributed by atoms with Crippen LogP contribution >= 0.6 is 0 Å². The molecule has 1 heterocycles. The van der Waals surface area contributed by atoms with Crippen molar-refractivity contribution >= 4 is 0 Å². The van der Waals surface area contributed by atoms with Gasteiger partial charge < -0.3 is 10.1 Å².